The Morgan fingerprint density at radius 2 is 1.63 bits per heavy atom. The lowest BCUT2D eigenvalue weighted by Crippen LogP contribution is -2.86. The van der Waals surface area contributed by atoms with Crippen molar-refractivity contribution in [2.45, 2.75) is 155 Å². The number of carbonyl (C=O) groups is 5. The van der Waals surface area contributed by atoms with Gasteiger partial charge in [0.05, 0.1) is 38.9 Å². The van der Waals surface area contributed by atoms with E-state index in [9.17, 15) is 34.2 Å². The zero-order valence-corrected chi connectivity index (χ0v) is 37.7. The zero-order valence-electron chi connectivity index (χ0n) is 37.7. The number of allylic oxidation sites excluding steroid dienone is 1. The number of carbonyl (C=O) groups excluding carboxylic acids is 5. The molecule has 5 aliphatic rings. The Morgan fingerprint density at radius 3 is 2.18 bits per heavy atom. The minimum atomic E-state index is -2.23. The zero-order chi connectivity index (χ0) is 46.1. The van der Waals surface area contributed by atoms with Crippen LogP contribution in [0.3, 0.4) is 0 Å². The molecule has 3 aliphatic carbocycles. The fourth-order valence-corrected chi connectivity index (χ4v) is 10.5. The predicted molar refractivity (Wildman–Crippen MR) is 218 cm³/mol. The van der Waals surface area contributed by atoms with E-state index in [0.29, 0.717) is 22.5 Å². The highest BCUT2D eigenvalue weighted by atomic mass is 16.6. The van der Waals surface area contributed by atoms with Gasteiger partial charge in [-0.15, -0.1) is 0 Å². The van der Waals surface area contributed by atoms with Crippen molar-refractivity contribution in [2.75, 3.05) is 20.8 Å². The van der Waals surface area contributed by atoms with Crippen LogP contribution < -0.4 is 14.8 Å². The normalized spacial score (nSPS) is 33.7. The van der Waals surface area contributed by atoms with E-state index in [2.05, 4.69) is 5.32 Å². The number of hydrogen-bond donors (Lipinski definition) is 3. The number of methoxy groups -OCH3 is 2. The first-order valence-corrected chi connectivity index (χ1v) is 20.8. The van der Waals surface area contributed by atoms with Crippen LogP contribution in [0, 0.1) is 16.7 Å². The first kappa shape index (κ1) is 46.8. The molecule has 0 unspecified atom stereocenters. The lowest BCUT2D eigenvalue weighted by atomic mass is 9.42. The van der Waals surface area contributed by atoms with Crippen molar-refractivity contribution in [3.05, 3.63) is 46.6 Å². The summed E-state index contributed by atoms with van der Waals surface area (Å²) in [4.78, 5) is 67.9. The minimum Gasteiger partial charge on any atom is -0.497 e. The first-order valence-electron chi connectivity index (χ1n) is 20.8. The van der Waals surface area contributed by atoms with Crippen LogP contribution in [0.15, 0.2) is 41.0 Å². The van der Waals surface area contributed by atoms with Crippen molar-refractivity contribution in [1.29, 1.82) is 0 Å². The molecule has 17 heteroatoms. The number of amides is 1. The van der Waals surface area contributed by atoms with Crippen LogP contribution in [0.1, 0.15) is 99.4 Å². The average molecular weight is 872 g/mol. The van der Waals surface area contributed by atoms with E-state index in [0.717, 1.165) is 0 Å². The number of ether oxygens (including phenoxy) is 9. The molecule has 2 saturated heterocycles. The van der Waals surface area contributed by atoms with E-state index in [4.69, 9.17) is 42.6 Å². The quantitative estimate of drug-likeness (QED) is 0.161. The molecule has 1 aromatic rings. The Labute approximate surface area is 361 Å². The molecule has 3 N–H and O–H groups in total. The van der Waals surface area contributed by atoms with Crippen molar-refractivity contribution in [3.63, 3.8) is 0 Å². The van der Waals surface area contributed by atoms with Gasteiger partial charge in [0.25, 0.3) is 0 Å². The summed E-state index contributed by atoms with van der Waals surface area (Å²) in [6.45, 7) is 17.7. The molecule has 2 bridgehead atoms. The molecular formula is C45H61NO16. The van der Waals surface area contributed by atoms with Crippen LogP contribution in [0.4, 0.5) is 4.79 Å². The monoisotopic (exact) mass is 871 g/mol. The van der Waals surface area contributed by atoms with Gasteiger partial charge in [0.2, 0.25) is 0 Å². The molecule has 0 aromatic heterocycles. The van der Waals surface area contributed by atoms with Gasteiger partial charge in [-0.25, -0.2) is 14.4 Å². The molecule has 1 aromatic carbocycles. The summed E-state index contributed by atoms with van der Waals surface area (Å²) in [5.41, 5.74) is -5.84. The second-order valence-corrected chi connectivity index (χ2v) is 19.0. The van der Waals surface area contributed by atoms with Crippen LogP contribution in [0.2, 0.25) is 0 Å². The number of aliphatic hydroxyl groups excluding tert-OH is 1. The molecule has 6 rings (SSSR count). The van der Waals surface area contributed by atoms with Crippen molar-refractivity contribution in [3.8, 4) is 11.5 Å². The maximum Gasteiger partial charge on any atom is 0.408 e. The molecule has 0 radical (unpaired) electrons. The SMILES string of the molecule is COc1ccc(OC)c(C(=O)O[C@H]2[C@@H]3[C@]4(OC(C)=O)CO[C@@H]4C[C@H]4O[C@@H]([C@H](OC(C)=O)C5=C(C)[C@@H](OC(=O)[C@H](O)[C@H](C=C(C)C)NC(=O)OC(C)(C)C)C[C@]2(O)C5(C)C)[C@@]34C)c1. The summed E-state index contributed by atoms with van der Waals surface area (Å²) in [6.07, 6.45) is -7.97. The largest absolute Gasteiger partial charge is 0.497 e. The summed E-state index contributed by atoms with van der Waals surface area (Å²) in [5, 5.41) is 27.9. The number of aliphatic hydroxyl groups is 2. The molecule has 17 nitrogen and oxygen atoms in total. The van der Waals surface area contributed by atoms with E-state index >= 15 is 0 Å². The van der Waals surface area contributed by atoms with Gasteiger partial charge < -0.3 is 58.2 Å². The molecule has 2 saturated carbocycles. The van der Waals surface area contributed by atoms with Gasteiger partial charge in [-0.05, 0) is 70.9 Å². The topological polar surface area (TPSA) is 221 Å². The summed E-state index contributed by atoms with van der Waals surface area (Å²) in [7, 11) is 2.82. The molecule has 2 heterocycles. The fourth-order valence-electron chi connectivity index (χ4n) is 10.5. The standard InChI is InChI=1S/C45H61NO16/c1-21(2)16-27(46-40(52)62-41(6,7)8)33(49)39(51)58-29-19-45(53)37(60-38(50)26-17-25(54-12)14-15-28(26)55-13)35-43(11)30(18-31-44(35,20-56-31)61-24(5)48)59-36(43)34(57-23(4)47)32(22(29)3)42(45,9)10/h14-17,27,29-31,33-37,49,53H,18-20H2,1-13H3,(H,46,52)/t27-,29-,30+,31+,33+,34+,35-,36-,37-,43+,44-,45+/m0/s1. The van der Waals surface area contributed by atoms with Gasteiger partial charge >= 0.3 is 30.0 Å². The maximum absolute atomic E-state index is 14.7. The molecule has 2 aliphatic heterocycles. The smallest absolute Gasteiger partial charge is 0.408 e. The third-order valence-electron chi connectivity index (χ3n) is 13.3. The van der Waals surface area contributed by atoms with Gasteiger partial charge in [0.15, 0.2) is 17.8 Å². The second kappa shape index (κ2) is 16.4. The number of hydrogen-bond acceptors (Lipinski definition) is 16. The third-order valence-corrected chi connectivity index (χ3v) is 13.3. The Morgan fingerprint density at radius 1 is 0.952 bits per heavy atom. The van der Waals surface area contributed by atoms with Crippen LogP contribution in [-0.2, 0) is 47.5 Å². The summed E-state index contributed by atoms with van der Waals surface area (Å²) < 4.78 is 54.2. The van der Waals surface area contributed by atoms with Gasteiger partial charge in [0.1, 0.15) is 52.7 Å². The van der Waals surface area contributed by atoms with E-state index < -0.39 is 119 Å². The highest BCUT2D eigenvalue weighted by molar-refractivity contribution is 5.93. The van der Waals surface area contributed by atoms with Crippen molar-refractivity contribution < 1.29 is 76.8 Å². The van der Waals surface area contributed by atoms with E-state index in [1.54, 1.807) is 61.5 Å². The summed E-state index contributed by atoms with van der Waals surface area (Å²) in [6, 6.07) is 3.27. The Hall–Kier alpha value is -4.71. The van der Waals surface area contributed by atoms with Crippen molar-refractivity contribution in [1.82, 2.24) is 5.32 Å². The van der Waals surface area contributed by atoms with Gasteiger partial charge in [-0.1, -0.05) is 32.4 Å². The van der Waals surface area contributed by atoms with E-state index in [1.807, 2.05) is 6.92 Å². The lowest BCUT2D eigenvalue weighted by molar-refractivity contribution is -0.416. The molecule has 0 spiro atoms. The highest BCUT2D eigenvalue weighted by Crippen LogP contribution is 2.69. The van der Waals surface area contributed by atoms with Gasteiger partial charge in [-0.2, -0.15) is 0 Å². The summed E-state index contributed by atoms with van der Waals surface area (Å²) in [5.74, 6) is -4.02. The molecule has 12 atom stereocenters. The molecule has 4 fully saturated rings. The predicted octanol–water partition coefficient (Wildman–Crippen LogP) is 4.28. The van der Waals surface area contributed by atoms with Crippen molar-refractivity contribution in [2.24, 2.45) is 16.7 Å². The lowest BCUT2D eigenvalue weighted by Gasteiger charge is -2.74. The summed E-state index contributed by atoms with van der Waals surface area (Å²) >= 11 is 0. The maximum atomic E-state index is 14.7. The Bertz CT molecular complexity index is 2050. The van der Waals surface area contributed by atoms with Crippen LogP contribution in [-0.4, -0.2) is 127 Å². The number of esters is 4. The van der Waals surface area contributed by atoms with Gasteiger partial charge in [-0.3, -0.25) is 9.59 Å². The second-order valence-electron chi connectivity index (χ2n) is 19.0. The average Bonchev–Trinajstić information content (AvgIpc) is 3.15. The third kappa shape index (κ3) is 7.83. The number of alkyl carbamates (subject to hydrolysis) is 1. The van der Waals surface area contributed by atoms with Gasteiger partial charge in [0, 0.05) is 37.5 Å². The highest BCUT2D eigenvalue weighted by Gasteiger charge is 2.81. The van der Waals surface area contributed by atoms with E-state index in [-0.39, 0.29) is 24.3 Å². The van der Waals surface area contributed by atoms with Crippen LogP contribution in [0.25, 0.3) is 0 Å². The minimum absolute atomic E-state index is 0.0355. The molecule has 1 amide bonds. The molecular weight excluding hydrogens is 810 g/mol. The van der Waals surface area contributed by atoms with Crippen molar-refractivity contribution >= 4 is 30.0 Å². The van der Waals surface area contributed by atoms with Crippen LogP contribution >= 0.6 is 0 Å². The number of fused-ring (bicyclic) bond motifs is 4. The Kier molecular flexibility index (Phi) is 12.4. The molecule has 342 valence electrons. The Balaban J connectivity index is 1.54. The fraction of sp³-hybridized carbons (Fsp3) is 0.667. The van der Waals surface area contributed by atoms with E-state index in [1.165, 1.54) is 46.3 Å². The number of nitrogens with one attached hydrogen (secondary N) is 1. The van der Waals surface area contributed by atoms with Crippen LogP contribution in [0.5, 0.6) is 11.5 Å². The first-order chi connectivity index (χ1) is 28.7. The number of benzene rings is 1. The molecule has 62 heavy (non-hydrogen) atoms. The number of rotatable bonds is 11.